The van der Waals surface area contributed by atoms with Crippen molar-refractivity contribution in [2.24, 2.45) is 0 Å². The molecule has 0 bridgehead atoms. The van der Waals surface area contributed by atoms with Crippen LogP contribution in [0.1, 0.15) is 16.7 Å². The SMILES string of the molecule is Cc1cc2c(Nc3ccc(C)c(Cl)c3)nnc(-c3ccccc3)c2cc1C. The molecule has 27 heavy (non-hydrogen) atoms. The Hall–Kier alpha value is -2.91. The quantitative estimate of drug-likeness (QED) is 0.438. The molecule has 0 aliphatic heterocycles. The third kappa shape index (κ3) is 3.38. The van der Waals surface area contributed by atoms with Crippen LogP contribution in [-0.2, 0) is 0 Å². The molecule has 1 heterocycles. The molecule has 0 unspecified atom stereocenters. The molecule has 3 aromatic carbocycles. The molecule has 0 aliphatic carbocycles. The maximum absolute atomic E-state index is 6.27. The Morgan fingerprint density at radius 1 is 0.741 bits per heavy atom. The molecule has 0 atom stereocenters. The van der Waals surface area contributed by atoms with E-state index in [1.54, 1.807) is 0 Å². The van der Waals surface area contributed by atoms with Gasteiger partial charge in [-0.15, -0.1) is 10.2 Å². The standard InChI is InChI=1S/C23H20ClN3/c1-14-9-10-18(13-21(14)24)25-23-20-12-16(3)15(2)11-19(20)22(26-27-23)17-7-5-4-6-8-17/h4-13H,1-3H3,(H,25,27). The van der Waals surface area contributed by atoms with Crippen LogP contribution < -0.4 is 5.32 Å². The first-order chi connectivity index (χ1) is 13.0. The van der Waals surface area contributed by atoms with Gasteiger partial charge < -0.3 is 5.32 Å². The molecule has 4 rings (SSSR count). The molecule has 0 fully saturated rings. The lowest BCUT2D eigenvalue weighted by atomic mass is 9.99. The van der Waals surface area contributed by atoms with E-state index >= 15 is 0 Å². The number of aryl methyl sites for hydroxylation is 3. The fourth-order valence-corrected chi connectivity index (χ4v) is 3.31. The Balaban J connectivity index is 1.89. The van der Waals surface area contributed by atoms with E-state index in [2.05, 4.69) is 53.6 Å². The Kier molecular flexibility index (Phi) is 4.54. The average molecular weight is 374 g/mol. The van der Waals surface area contributed by atoms with Gasteiger partial charge in [0.2, 0.25) is 0 Å². The zero-order valence-corrected chi connectivity index (χ0v) is 16.3. The van der Waals surface area contributed by atoms with Gasteiger partial charge in [0.05, 0.1) is 0 Å². The Morgan fingerprint density at radius 3 is 2.15 bits per heavy atom. The van der Waals surface area contributed by atoms with Crippen molar-refractivity contribution < 1.29 is 0 Å². The zero-order valence-electron chi connectivity index (χ0n) is 15.5. The lowest BCUT2D eigenvalue weighted by molar-refractivity contribution is 1.06. The second-order valence-electron chi connectivity index (χ2n) is 6.83. The second-order valence-corrected chi connectivity index (χ2v) is 7.24. The number of halogens is 1. The fraction of sp³-hybridized carbons (Fsp3) is 0.130. The highest BCUT2D eigenvalue weighted by Crippen LogP contribution is 2.33. The van der Waals surface area contributed by atoms with Crippen LogP contribution in [0.5, 0.6) is 0 Å². The largest absolute Gasteiger partial charge is 0.338 e. The number of aromatic nitrogens is 2. The maximum atomic E-state index is 6.27. The van der Waals surface area contributed by atoms with Crippen LogP contribution in [0, 0.1) is 20.8 Å². The maximum Gasteiger partial charge on any atom is 0.161 e. The number of nitrogens with zero attached hydrogens (tertiary/aromatic N) is 2. The van der Waals surface area contributed by atoms with Gasteiger partial charge in [0, 0.05) is 27.0 Å². The molecule has 1 aromatic heterocycles. The van der Waals surface area contributed by atoms with Gasteiger partial charge in [0.15, 0.2) is 5.82 Å². The predicted octanol–water partition coefficient (Wildman–Crippen LogP) is 6.62. The van der Waals surface area contributed by atoms with Crippen molar-refractivity contribution >= 4 is 33.9 Å². The van der Waals surface area contributed by atoms with Crippen LogP contribution in [0.4, 0.5) is 11.5 Å². The van der Waals surface area contributed by atoms with Crippen molar-refractivity contribution in [3.63, 3.8) is 0 Å². The summed E-state index contributed by atoms with van der Waals surface area (Å²) in [5, 5.41) is 15.3. The smallest absolute Gasteiger partial charge is 0.161 e. The number of fused-ring (bicyclic) bond motifs is 1. The minimum absolute atomic E-state index is 0.727. The minimum Gasteiger partial charge on any atom is -0.338 e. The van der Waals surface area contributed by atoms with Gasteiger partial charge in [0.25, 0.3) is 0 Å². The van der Waals surface area contributed by atoms with E-state index in [0.717, 1.165) is 44.1 Å². The first-order valence-corrected chi connectivity index (χ1v) is 9.27. The van der Waals surface area contributed by atoms with Crippen molar-refractivity contribution in [3.05, 3.63) is 82.4 Å². The van der Waals surface area contributed by atoms with Crippen LogP contribution >= 0.6 is 11.6 Å². The zero-order chi connectivity index (χ0) is 19.0. The Labute approximate surface area is 164 Å². The highest BCUT2D eigenvalue weighted by Gasteiger charge is 2.13. The van der Waals surface area contributed by atoms with Crippen LogP contribution in [0.2, 0.25) is 5.02 Å². The number of rotatable bonds is 3. The van der Waals surface area contributed by atoms with Crippen LogP contribution in [0.25, 0.3) is 22.0 Å². The molecule has 4 heteroatoms. The summed E-state index contributed by atoms with van der Waals surface area (Å²) in [5.41, 5.74) is 6.34. The molecule has 0 saturated carbocycles. The van der Waals surface area contributed by atoms with Gasteiger partial charge in [-0.25, -0.2) is 0 Å². The topological polar surface area (TPSA) is 37.8 Å². The van der Waals surface area contributed by atoms with E-state index in [4.69, 9.17) is 11.6 Å². The molecule has 4 aromatic rings. The Bertz CT molecular complexity index is 1140. The van der Waals surface area contributed by atoms with E-state index in [-0.39, 0.29) is 0 Å². The van der Waals surface area contributed by atoms with Crippen molar-refractivity contribution in [3.8, 4) is 11.3 Å². The molecule has 134 valence electrons. The summed E-state index contributed by atoms with van der Waals surface area (Å²) in [5.74, 6) is 0.729. The van der Waals surface area contributed by atoms with Crippen LogP contribution in [0.15, 0.2) is 60.7 Å². The number of hydrogen-bond donors (Lipinski definition) is 1. The molecule has 0 radical (unpaired) electrons. The van der Waals surface area contributed by atoms with Gasteiger partial charge in [-0.05, 0) is 61.7 Å². The highest BCUT2D eigenvalue weighted by atomic mass is 35.5. The summed E-state index contributed by atoms with van der Waals surface area (Å²) in [6.45, 7) is 6.23. The summed E-state index contributed by atoms with van der Waals surface area (Å²) >= 11 is 6.27. The number of hydrogen-bond acceptors (Lipinski definition) is 3. The first kappa shape index (κ1) is 17.5. The molecule has 0 amide bonds. The number of anilines is 2. The van der Waals surface area contributed by atoms with Crippen molar-refractivity contribution in [1.82, 2.24) is 10.2 Å². The van der Waals surface area contributed by atoms with Crippen LogP contribution in [0.3, 0.4) is 0 Å². The summed E-state index contributed by atoms with van der Waals surface area (Å²) in [7, 11) is 0. The van der Waals surface area contributed by atoms with Gasteiger partial charge in [0.1, 0.15) is 5.69 Å². The molecular formula is C23H20ClN3. The lowest BCUT2D eigenvalue weighted by Gasteiger charge is -2.14. The van der Waals surface area contributed by atoms with Gasteiger partial charge in [-0.2, -0.15) is 0 Å². The van der Waals surface area contributed by atoms with E-state index in [1.807, 2.05) is 43.3 Å². The average Bonchev–Trinajstić information content (AvgIpc) is 2.67. The van der Waals surface area contributed by atoms with E-state index in [1.165, 1.54) is 11.1 Å². The van der Waals surface area contributed by atoms with E-state index < -0.39 is 0 Å². The third-order valence-corrected chi connectivity index (χ3v) is 5.28. The fourth-order valence-electron chi connectivity index (χ4n) is 3.12. The minimum atomic E-state index is 0.727. The number of nitrogens with one attached hydrogen (secondary N) is 1. The number of benzene rings is 3. The molecule has 3 nitrogen and oxygen atoms in total. The summed E-state index contributed by atoms with van der Waals surface area (Å²) in [4.78, 5) is 0. The van der Waals surface area contributed by atoms with Gasteiger partial charge in [-0.3, -0.25) is 0 Å². The normalized spacial score (nSPS) is 11.0. The molecule has 0 saturated heterocycles. The van der Waals surface area contributed by atoms with E-state index in [9.17, 15) is 0 Å². The monoisotopic (exact) mass is 373 g/mol. The van der Waals surface area contributed by atoms with Crippen molar-refractivity contribution in [2.45, 2.75) is 20.8 Å². The Morgan fingerprint density at radius 2 is 1.44 bits per heavy atom. The van der Waals surface area contributed by atoms with Crippen molar-refractivity contribution in [1.29, 1.82) is 0 Å². The van der Waals surface area contributed by atoms with Gasteiger partial charge in [-0.1, -0.05) is 48.0 Å². The predicted molar refractivity (Wildman–Crippen MR) is 114 cm³/mol. The summed E-state index contributed by atoms with van der Waals surface area (Å²) < 4.78 is 0. The first-order valence-electron chi connectivity index (χ1n) is 8.89. The molecule has 1 N–H and O–H groups in total. The second kappa shape index (κ2) is 7.01. The molecular weight excluding hydrogens is 354 g/mol. The van der Waals surface area contributed by atoms with Crippen molar-refractivity contribution in [2.75, 3.05) is 5.32 Å². The molecule has 0 spiro atoms. The summed E-state index contributed by atoms with van der Waals surface area (Å²) in [6.07, 6.45) is 0. The summed E-state index contributed by atoms with van der Waals surface area (Å²) in [6, 6.07) is 20.4. The van der Waals surface area contributed by atoms with Crippen LogP contribution in [-0.4, -0.2) is 10.2 Å². The lowest BCUT2D eigenvalue weighted by Crippen LogP contribution is -2.00. The highest BCUT2D eigenvalue weighted by molar-refractivity contribution is 6.31. The van der Waals surface area contributed by atoms with E-state index in [0.29, 0.717) is 0 Å². The third-order valence-electron chi connectivity index (χ3n) is 4.88. The van der Waals surface area contributed by atoms with Gasteiger partial charge >= 0.3 is 0 Å². The molecule has 0 aliphatic rings.